The highest BCUT2D eigenvalue weighted by Crippen LogP contribution is 2.26. The van der Waals surface area contributed by atoms with Crippen molar-refractivity contribution in [2.75, 3.05) is 11.9 Å². The van der Waals surface area contributed by atoms with Crippen LogP contribution in [-0.2, 0) is 0 Å². The second-order valence-corrected chi connectivity index (χ2v) is 6.72. The van der Waals surface area contributed by atoms with Crippen molar-refractivity contribution in [3.63, 3.8) is 0 Å². The molecule has 3 heterocycles. The number of aromatic nitrogens is 4. The van der Waals surface area contributed by atoms with Crippen LogP contribution in [0.1, 0.15) is 28.5 Å². The van der Waals surface area contributed by atoms with Crippen molar-refractivity contribution >= 4 is 22.8 Å². The highest BCUT2D eigenvalue weighted by Gasteiger charge is 2.17. The van der Waals surface area contributed by atoms with Crippen LogP contribution in [0.3, 0.4) is 0 Å². The van der Waals surface area contributed by atoms with Gasteiger partial charge >= 0.3 is 0 Å². The van der Waals surface area contributed by atoms with Crippen LogP contribution in [-0.4, -0.2) is 32.4 Å². The molecule has 3 aromatic heterocycles. The predicted molar refractivity (Wildman–Crippen MR) is 112 cm³/mol. The number of hydrogen-bond donors (Lipinski definition) is 2. The van der Waals surface area contributed by atoms with Crippen LogP contribution >= 0.6 is 0 Å². The first kappa shape index (κ1) is 18.6. The number of carbonyl (C=O) groups is 1. The number of nitrogens with one attached hydrogen (secondary N) is 2. The Hall–Kier alpha value is -3.74. The fourth-order valence-electron chi connectivity index (χ4n) is 3.04. The van der Waals surface area contributed by atoms with E-state index in [0.717, 1.165) is 11.3 Å². The first-order valence-corrected chi connectivity index (χ1v) is 9.37. The lowest BCUT2D eigenvalue weighted by Crippen LogP contribution is -2.14. The highest BCUT2D eigenvalue weighted by molar-refractivity contribution is 6.11. The van der Waals surface area contributed by atoms with Gasteiger partial charge in [-0.15, -0.1) is 0 Å². The monoisotopic (exact) mass is 387 g/mol. The summed E-state index contributed by atoms with van der Waals surface area (Å²) in [5, 5.41) is 2.89. The Balaban J connectivity index is 1.69. The van der Waals surface area contributed by atoms with Gasteiger partial charge in [-0.25, -0.2) is 9.97 Å². The van der Waals surface area contributed by atoms with Gasteiger partial charge < -0.3 is 15.0 Å². The average Bonchev–Trinajstić information content (AvgIpc) is 3.15. The molecule has 1 aromatic carbocycles. The SMILES string of the molecule is CCOc1cc(C)ncc1NC(=O)c1ccnc2nc(-c3ccc(C)cc3)[nH]c12. The van der Waals surface area contributed by atoms with Gasteiger partial charge in [0.1, 0.15) is 17.3 Å². The average molecular weight is 387 g/mol. The van der Waals surface area contributed by atoms with Crippen molar-refractivity contribution in [3.05, 3.63) is 65.6 Å². The third-order valence-corrected chi connectivity index (χ3v) is 4.51. The zero-order valence-corrected chi connectivity index (χ0v) is 16.5. The van der Waals surface area contributed by atoms with Crippen molar-refractivity contribution in [3.8, 4) is 17.1 Å². The normalized spacial score (nSPS) is 10.9. The molecule has 0 aliphatic carbocycles. The molecule has 0 fully saturated rings. The van der Waals surface area contributed by atoms with Gasteiger partial charge in [0.25, 0.3) is 5.91 Å². The van der Waals surface area contributed by atoms with Crippen LogP contribution < -0.4 is 10.1 Å². The third-order valence-electron chi connectivity index (χ3n) is 4.51. The Labute approximate surface area is 168 Å². The van der Waals surface area contributed by atoms with E-state index in [9.17, 15) is 4.79 Å². The zero-order valence-electron chi connectivity index (χ0n) is 16.5. The molecule has 0 unspecified atom stereocenters. The van der Waals surface area contributed by atoms with Gasteiger partial charge in [0.15, 0.2) is 5.65 Å². The summed E-state index contributed by atoms with van der Waals surface area (Å²) in [6.07, 6.45) is 3.18. The summed E-state index contributed by atoms with van der Waals surface area (Å²) < 4.78 is 5.63. The van der Waals surface area contributed by atoms with Crippen LogP contribution in [0.25, 0.3) is 22.6 Å². The minimum atomic E-state index is -0.289. The maximum atomic E-state index is 13.0. The number of aryl methyl sites for hydroxylation is 2. The van der Waals surface area contributed by atoms with E-state index in [2.05, 4.69) is 25.3 Å². The second-order valence-electron chi connectivity index (χ2n) is 6.72. The molecular formula is C22H21N5O2. The fraction of sp³-hybridized carbons (Fsp3) is 0.182. The number of carbonyl (C=O) groups excluding carboxylic acids is 1. The highest BCUT2D eigenvalue weighted by atomic mass is 16.5. The molecule has 0 aliphatic heterocycles. The van der Waals surface area contributed by atoms with Crippen LogP contribution in [0.2, 0.25) is 0 Å². The number of hydrogen-bond acceptors (Lipinski definition) is 5. The Bertz CT molecular complexity index is 1180. The van der Waals surface area contributed by atoms with Gasteiger partial charge in [-0.05, 0) is 26.8 Å². The van der Waals surface area contributed by atoms with E-state index in [-0.39, 0.29) is 5.91 Å². The Morgan fingerprint density at radius 1 is 1.14 bits per heavy atom. The lowest BCUT2D eigenvalue weighted by atomic mass is 10.1. The maximum Gasteiger partial charge on any atom is 0.258 e. The number of benzene rings is 1. The molecule has 7 nitrogen and oxygen atoms in total. The zero-order chi connectivity index (χ0) is 20.4. The minimum Gasteiger partial charge on any atom is -0.492 e. The van der Waals surface area contributed by atoms with E-state index in [0.29, 0.717) is 40.6 Å². The molecule has 0 aliphatic rings. The lowest BCUT2D eigenvalue weighted by Gasteiger charge is -2.12. The Morgan fingerprint density at radius 2 is 1.93 bits per heavy atom. The van der Waals surface area contributed by atoms with Crippen LogP contribution in [0.5, 0.6) is 5.75 Å². The van der Waals surface area contributed by atoms with Crippen LogP contribution in [0, 0.1) is 13.8 Å². The molecule has 0 saturated carbocycles. The van der Waals surface area contributed by atoms with Crippen LogP contribution in [0.15, 0.2) is 48.8 Å². The van der Waals surface area contributed by atoms with E-state index in [1.807, 2.05) is 45.0 Å². The van der Waals surface area contributed by atoms with Crippen molar-refractivity contribution < 1.29 is 9.53 Å². The molecule has 0 bridgehead atoms. The van der Waals surface area contributed by atoms with Crippen molar-refractivity contribution in [2.45, 2.75) is 20.8 Å². The molecule has 0 radical (unpaired) electrons. The van der Waals surface area contributed by atoms with E-state index in [4.69, 9.17) is 4.74 Å². The molecular weight excluding hydrogens is 366 g/mol. The summed E-state index contributed by atoms with van der Waals surface area (Å²) in [7, 11) is 0. The third kappa shape index (κ3) is 3.80. The van der Waals surface area contributed by atoms with Crippen LogP contribution in [0.4, 0.5) is 5.69 Å². The van der Waals surface area contributed by atoms with Gasteiger partial charge in [-0.2, -0.15) is 0 Å². The number of H-pyrrole nitrogens is 1. The summed E-state index contributed by atoms with van der Waals surface area (Å²) in [6, 6.07) is 11.5. The standard InChI is InChI=1S/C22H21N5O2/c1-4-29-18-11-14(3)24-12-17(18)25-22(28)16-9-10-23-21-19(16)26-20(27-21)15-7-5-13(2)6-8-15/h5-12H,4H2,1-3H3,(H,25,28)(H,23,26,27). The molecule has 0 atom stereocenters. The van der Waals surface area contributed by atoms with Crippen molar-refractivity contribution in [1.29, 1.82) is 0 Å². The largest absolute Gasteiger partial charge is 0.492 e. The summed E-state index contributed by atoms with van der Waals surface area (Å²) in [6.45, 7) is 6.29. The predicted octanol–water partition coefficient (Wildman–Crippen LogP) is 4.29. The Kier molecular flexibility index (Phi) is 4.95. The van der Waals surface area contributed by atoms with Crippen molar-refractivity contribution in [2.24, 2.45) is 0 Å². The van der Waals surface area contributed by atoms with Gasteiger partial charge in [0, 0.05) is 23.5 Å². The van der Waals surface area contributed by atoms with Gasteiger partial charge in [-0.3, -0.25) is 9.78 Å². The van der Waals surface area contributed by atoms with E-state index in [1.54, 1.807) is 24.5 Å². The minimum absolute atomic E-state index is 0.289. The van der Waals surface area contributed by atoms with Gasteiger partial charge in [0.2, 0.25) is 0 Å². The number of amides is 1. The topological polar surface area (TPSA) is 92.8 Å². The van der Waals surface area contributed by atoms with Gasteiger partial charge in [-0.1, -0.05) is 29.8 Å². The molecule has 29 heavy (non-hydrogen) atoms. The summed E-state index contributed by atoms with van der Waals surface area (Å²) >= 11 is 0. The second kappa shape index (κ2) is 7.71. The van der Waals surface area contributed by atoms with Gasteiger partial charge in [0.05, 0.1) is 23.9 Å². The lowest BCUT2D eigenvalue weighted by molar-refractivity contribution is 0.102. The molecule has 4 aromatic rings. The number of ether oxygens (including phenoxy) is 1. The maximum absolute atomic E-state index is 13.0. The number of rotatable bonds is 5. The number of imidazole rings is 1. The molecule has 0 saturated heterocycles. The molecule has 1 amide bonds. The summed E-state index contributed by atoms with van der Waals surface area (Å²) in [4.78, 5) is 29.3. The quantitative estimate of drug-likeness (QED) is 0.533. The number of fused-ring (bicyclic) bond motifs is 1. The molecule has 7 heteroatoms. The number of anilines is 1. The first-order valence-electron chi connectivity index (χ1n) is 9.37. The fourth-order valence-corrected chi connectivity index (χ4v) is 3.04. The summed E-state index contributed by atoms with van der Waals surface area (Å²) in [5.74, 6) is 0.964. The molecule has 4 rings (SSSR count). The number of pyridine rings is 2. The number of aromatic amines is 1. The van der Waals surface area contributed by atoms with Crippen molar-refractivity contribution in [1.82, 2.24) is 19.9 Å². The molecule has 2 N–H and O–H groups in total. The van der Waals surface area contributed by atoms with E-state index in [1.165, 1.54) is 5.56 Å². The number of nitrogens with zero attached hydrogens (tertiary/aromatic N) is 3. The van der Waals surface area contributed by atoms with E-state index < -0.39 is 0 Å². The molecule has 0 spiro atoms. The van der Waals surface area contributed by atoms with E-state index >= 15 is 0 Å². The Morgan fingerprint density at radius 3 is 2.69 bits per heavy atom. The summed E-state index contributed by atoms with van der Waals surface area (Å²) in [5.41, 5.74) is 4.95. The smallest absolute Gasteiger partial charge is 0.258 e. The first-order chi connectivity index (χ1) is 14.0. The molecule has 146 valence electrons.